The van der Waals surface area contributed by atoms with Gasteiger partial charge in [0.05, 0.1) is 5.75 Å². The standard InChI is InChI=1S/C13H22N4O2S/c1-3-14-11-9-12(15-7-8-20(18,19)4-2)17-13(16-11)10-5-6-10/h9-10H,3-8H2,1-2H3,(H2,14,15,16,17). The van der Waals surface area contributed by atoms with E-state index in [4.69, 9.17) is 0 Å². The fourth-order valence-electron chi connectivity index (χ4n) is 1.83. The van der Waals surface area contributed by atoms with Gasteiger partial charge in [-0.3, -0.25) is 0 Å². The molecule has 1 aliphatic carbocycles. The van der Waals surface area contributed by atoms with Crippen molar-refractivity contribution in [2.24, 2.45) is 0 Å². The Hall–Kier alpha value is -1.37. The van der Waals surface area contributed by atoms with Gasteiger partial charge in [0, 0.05) is 30.8 Å². The van der Waals surface area contributed by atoms with E-state index < -0.39 is 9.84 Å². The van der Waals surface area contributed by atoms with Crippen LogP contribution in [-0.4, -0.2) is 43.0 Å². The summed E-state index contributed by atoms with van der Waals surface area (Å²) in [5, 5.41) is 6.27. The van der Waals surface area contributed by atoms with Gasteiger partial charge in [0.1, 0.15) is 17.5 Å². The van der Waals surface area contributed by atoms with Gasteiger partial charge < -0.3 is 10.6 Å². The monoisotopic (exact) mass is 298 g/mol. The van der Waals surface area contributed by atoms with Gasteiger partial charge in [-0.05, 0) is 19.8 Å². The predicted octanol–water partition coefficient (Wildman–Crippen LogP) is 1.63. The summed E-state index contributed by atoms with van der Waals surface area (Å²) in [7, 11) is -2.95. The number of rotatable bonds is 8. The average molecular weight is 298 g/mol. The molecule has 0 bridgehead atoms. The summed E-state index contributed by atoms with van der Waals surface area (Å²) in [6.07, 6.45) is 2.28. The van der Waals surface area contributed by atoms with Crippen LogP contribution >= 0.6 is 0 Å². The van der Waals surface area contributed by atoms with E-state index in [2.05, 4.69) is 20.6 Å². The molecule has 1 fully saturated rings. The van der Waals surface area contributed by atoms with Gasteiger partial charge in [-0.15, -0.1) is 0 Å². The number of nitrogens with one attached hydrogen (secondary N) is 2. The van der Waals surface area contributed by atoms with Crippen molar-refractivity contribution in [3.8, 4) is 0 Å². The van der Waals surface area contributed by atoms with Crippen LogP contribution in [0, 0.1) is 0 Å². The van der Waals surface area contributed by atoms with E-state index >= 15 is 0 Å². The number of sulfone groups is 1. The van der Waals surface area contributed by atoms with Crippen molar-refractivity contribution in [1.29, 1.82) is 0 Å². The molecular formula is C13H22N4O2S. The predicted molar refractivity (Wildman–Crippen MR) is 81.0 cm³/mol. The minimum Gasteiger partial charge on any atom is -0.370 e. The topological polar surface area (TPSA) is 84.0 Å². The molecule has 0 saturated heterocycles. The summed E-state index contributed by atoms with van der Waals surface area (Å²) >= 11 is 0. The van der Waals surface area contributed by atoms with Crippen molar-refractivity contribution in [2.75, 3.05) is 35.2 Å². The fourth-order valence-corrected chi connectivity index (χ4v) is 2.53. The maximum atomic E-state index is 11.5. The van der Waals surface area contributed by atoms with Crippen LogP contribution in [0.1, 0.15) is 38.4 Å². The van der Waals surface area contributed by atoms with Crippen molar-refractivity contribution in [1.82, 2.24) is 9.97 Å². The van der Waals surface area contributed by atoms with Crippen LogP contribution in [0.4, 0.5) is 11.6 Å². The maximum Gasteiger partial charge on any atom is 0.151 e. The SMILES string of the molecule is CCNc1cc(NCCS(=O)(=O)CC)nc(C2CC2)n1. The largest absolute Gasteiger partial charge is 0.370 e. The lowest BCUT2D eigenvalue weighted by molar-refractivity contribution is 0.597. The van der Waals surface area contributed by atoms with E-state index in [1.165, 1.54) is 0 Å². The van der Waals surface area contributed by atoms with Crippen LogP contribution in [0.3, 0.4) is 0 Å². The fraction of sp³-hybridized carbons (Fsp3) is 0.692. The summed E-state index contributed by atoms with van der Waals surface area (Å²) in [6.45, 7) is 4.85. The highest BCUT2D eigenvalue weighted by molar-refractivity contribution is 7.91. The van der Waals surface area contributed by atoms with Crippen LogP contribution in [0.5, 0.6) is 0 Å². The summed E-state index contributed by atoms with van der Waals surface area (Å²) < 4.78 is 22.9. The number of anilines is 2. The van der Waals surface area contributed by atoms with Crippen molar-refractivity contribution >= 4 is 21.5 Å². The third-order valence-corrected chi connectivity index (χ3v) is 4.91. The molecule has 7 heteroatoms. The first-order valence-electron chi connectivity index (χ1n) is 7.11. The molecule has 0 spiro atoms. The first-order valence-corrected chi connectivity index (χ1v) is 8.93. The van der Waals surface area contributed by atoms with E-state index in [0.29, 0.717) is 18.3 Å². The van der Waals surface area contributed by atoms with Crippen molar-refractivity contribution < 1.29 is 8.42 Å². The highest BCUT2D eigenvalue weighted by atomic mass is 32.2. The summed E-state index contributed by atoms with van der Waals surface area (Å²) in [4.78, 5) is 8.94. The maximum absolute atomic E-state index is 11.5. The average Bonchev–Trinajstić information content (AvgIpc) is 3.23. The molecule has 6 nitrogen and oxygen atoms in total. The molecule has 20 heavy (non-hydrogen) atoms. The minimum absolute atomic E-state index is 0.128. The second kappa shape index (κ2) is 6.39. The molecule has 0 amide bonds. The summed E-state index contributed by atoms with van der Waals surface area (Å²) in [5.41, 5.74) is 0. The molecular weight excluding hydrogens is 276 g/mol. The lowest BCUT2D eigenvalue weighted by atomic mass is 10.3. The minimum atomic E-state index is -2.95. The number of hydrogen-bond acceptors (Lipinski definition) is 6. The van der Waals surface area contributed by atoms with Crippen LogP contribution in [0.2, 0.25) is 0 Å². The van der Waals surface area contributed by atoms with E-state index in [1.807, 2.05) is 13.0 Å². The van der Waals surface area contributed by atoms with Gasteiger partial charge in [0.15, 0.2) is 9.84 Å². The molecule has 0 aliphatic heterocycles. The molecule has 112 valence electrons. The first-order chi connectivity index (χ1) is 9.54. The zero-order chi connectivity index (χ0) is 14.6. The summed E-state index contributed by atoms with van der Waals surface area (Å²) in [5.74, 6) is 3.12. The molecule has 0 radical (unpaired) electrons. The molecule has 1 aromatic rings. The van der Waals surface area contributed by atoms with Gasteiger partial charge in [-0.25, -0.2) is 18.4 Å². The van der Waals surface area contributed by atoms with E-state index in [-0.39, 0.29) is 11.5 Å². The van der Waals surface area contributed by atoms with Gasteiger partial charge in [-0.1, -0.05) is 6.92 Å². The normalized spacial score (nSPS) is 15.1. The Morgan fingerprint density at radius 3 is 2.40 bits per heavy atom. The molecule has 1 aliphatic rings. The molecule has 0 aromatic carbocycles. The third-order valence-electron chi connectivity index (χ3n) is 3.20. The molecule has 1 aromatic heterocycles. The quantitative estimate of drug-likeness (QED) is 0.759. The van der Waals surface area contributed by atoms with Gasteiger partial charge in [-0.2, -0.15) is 0 Å². The first kappa shape index (κ1) is 15.0. The van der Waals surface area contributed by atoms with Gasteiger partial charge >= 0.3 is 0 Å². The van der Waals surface area contributed by atoms with Gasteiger partial charge in [0.2, 0.25) is 0 Å². The van der Waals surface area contributed by atoms with Crippen molar-refractivity contribution in [3.05, 3.63) is 11.9 Å². The second-order valence-corrected chi connectivity index (χ2v) is 7.44. The highest BCUT2D eigenvalue weighted by Crippen LogP contribution is 2.38. The van der Waals surface area contributed by atoms with E-state index in [0.717, 1.165) is 31.0 Å². The smallest absolute Gasteiger partial charge is 0.151 e. The lowest BCUT2D eigenvalue weighted by Gasteiger charge is -2.10. The van der Waals surface area contributed by atoms with Gasteiger partial charge in [0.25, 0.3) is 0 Å². The second-order valence-electron chi connectivity index (χ2n) is 4.96. The molecule has 1 saturated carbocycles. The molecule has 2 rings (SSSR count). The number of hydrogen-bond donors (Lipinski definition) is 2. The molecule has 2 N–H and O–H groups in total. The van der Waals surface area contributed by atoms with E-state index in [1.54, 1.807) is 6.92 Å². The van der Waals surface area contributed by atoms with Crippen molar-refractivity contribution in [3.63, 3.8) is 0 Å². The Morgan fingerprint density at radius 2 is 1.85 bits per heavy atom. The van der Waals surface area contributed by atoms with Crippen LogP contribution in [0.15, 0.2) is 6.07 Å². The third kappa shape index (κ3) is 4.33. The Kier molecular flexibility index (Phi) is 4.80. The Balaban J connectivity index is 2.02. The Bertz CT molecular complexity index is 555. The lowest BCUT2D eigenvalue weighted by Crippen LogP contribution is -2.18. The van der Waals surface area contributed by atoms with Crippen LogP contribution in [0.25, 0.3) is 0 Å². The number of aromatic nitrogens is 2. The number of nitrogens with zero attached hydrogens (tertiary/aromatic N) is 2. The Labute approximate surface area is 120 Å². The van der Waals surface area contributed by atoms with Crippen molar-refractivity contribution in [2.45, 2.75) is 32.6 Å². The van der Waals surface area contributed by atoms with E-state index in [9.17, 15) is 8.42 Å². The molecule has 0 unspecified atom stereocenters. The molecule has 0 atom stereocenters. The summed E-state index contributed by atoms with van der Waals surface area (Å²) in [6, 6.07) is 1.83. The zero-order valence-electron chi connectivity index (χ0n) is 12.0. The Morgan fingerprint density at radius 1 is 1.20 bits per heavy atom. The highest BCUT2D eigenvalue weighted by Gasteiger charge is 2.27. The van der Waals surface area contributed by atoms with Crippen LogP contribution in [-0.2, 0) is 9.84 Å². The molecule has 1 heterocycles. The zero-order valence-corrected chi connectivity index (χ0v) is 12.8. The van der Waals surface area contributed by atoms with Crippen LogP contribution < -0.4 is 10.6 Å².